The summed E-state index contributed by atoms with van der Waals surface area (Å²) < 4.78 is 0. The first-order valence-corrected chi connectivity index (χ1v) is 5.07. The molecule has 1 aromatic rings. The molecule has 1 aliphatic heterocycles. The van der Waals surface area contributed by atoms with Crippen molar-refractivity contribution in [1.82, 2.24) is 10.3 Å². The van der Waals surface area contributed by atoms with E-state index in [1.807, 2.05) is 5.38 Å². The van der Waals surface area contributed by atoms with E-state index >= 15 is 0 Å². The van der Waals surface area contributed by atoms with Gasteiger partial charge in [-0.25, -0.2) is 4.98 Å². The fraction of sp³-hybridized carbons (Fsp3) is 0.625. The lowest BCUT2D eigenvalue weighted by molar-refractivity contribution is 0.0964. The number of thiazole rings is 1. The van der Waals surface area contributed by atoms with Crippen molar-refractivity contribution in [2.45, 2.75) is 25.0 Å². The molecule has 12 heavy (non-hydrogen) atoms. The molecule has 1 aromatic heterocycles. The number of aromatic nitrogens is 1. The van der Waals surface area contributed by atoms with Crippen molar-refractivity contribution < 1.29 is 5.11 Å². The van der Waals surface area contributed by atoms with Gasteiger partial charge in [0.15, 0.2) is 0 Å². The SMILES string of the molecule is OC1CCCNC1c1nccs1. The Morgan fingerprint density at radius 2 is 2.58 bits per heavy atom. The predicted octanol–water partition coefficient (Wildman–Crippen LogP) is 0.928. The molecule has 0 aromatic carbocycles. The second-order valence-electron chi connectivity index (χ2n) is 3.01. The summed E-state index contributed by atoms with van der Waals surface area (Å²) in [5.41, 5.74) is 0. The third-order valence-electron chi connectivity index (χ3n) is 2.14. The molecule has 0 radical (unpaired) electrons. The lowest BCUT2D eigenvalue weighted by Gasteiger charge is -2.27. The predicted molar refractivity (Wildman–Crippen MR) is 48.1 cm³/mol. The van der Waals surface area contributed by atoms with Crippen molar-refractivity contribution in [2.75, 3.05) is 6.54 Å². The van der Waals surface area contributed by atoms with Gasteiger partial charge in [0.05, 0.1) is 12.1 Å². The number of piperidine rings is 1. The molecular formula is C8H12N2OS. The molecule has 1 fully saturated rings. The van der Waals surface area contributed by atoms with Gasteiger partial charge in [-0.05, 0) is 19.4 Å². The fourth-order valence-corrected chi connectivity index (χ4v) is 2.28. The molecule has 3 nitrogen and oxygen atoms in total. The van der Waals surface area contributed by atoms with Crippen molar-refractivity contribution in [1.29, 1.82) is 0 Å². The summed E-state index contributed by atoms with van der Waals surface area (Å²) in [7, 11) is 0. The normalized spacial score (nSPS) is 30.4. The standard InChI is InChI=1S/C8H12N2OS/c11-6-2-1-3-9-7(6)8-10-4-5-12-8/h4-7,9,11H,1-3H2. The highest BCUT2D eigenvalue weighted by Gasteiger charge is 2.25. The molecule has 2 heterocycles. The Labute approximate surface area is 75.5 Å². The van der Waals surface area contributed by atoms with E-state index in [1.54, 1.807) is 17.5 Å². The van der Waals surface area contributed by atoms with Crippen LogP contribution in [-0.4, -0.2) is 22.7 Å². The summed E-state index contributed by atoms with van der Waals surface area (Å²) in [4.78, 5) is 4.19. The van der Waals surface area contributed by atoms with Gasteiger partial charge in [0.1, 0.15) is 5.01 Å². The van der Waals surface area contributed by atoms with Crippen LogP contribution in [0.3, 0.4) is 0 Å². The van der Waals surface area contributed by atoms with Gasteiger partial charge in [-0.1, -0.05) is 0 Å². The summed E-state index contributed by atoms with van der Waals surface area (Å²) in [5, 5.41) is 15.9. The summed E-state index contributed by atoms with van der Waals surface area (Å²) in [6.07, 6.45) is 3.47. The zero-order valence-electron chi connectivity index (χ0n) is 6.73. The summed E-state index contributed by atoms with van der Waals surface area (Å²) in [6, 6.07) is 0.0683. The van der Waals surface area contributed by atoms with E-state index in [0.29, 0.717) is 0 Å². The van der Waals surface area contributed by atoms with E-state index < -0.39 is 0 Å². The number of aliphatic hydroxyl groups is 1. The van der Waals surface area contributed by atoms with Gasteiger partial charge < -0.3 is 10.4 Å². The van der Waals surface area contributed by atoms with Crippen LogP contribution in [0.15, 0.2) is 11.6 Å². The van der Waals surface area contributed by atoms with Crippen molar-refractivity contribution in [3.05, 3.63) is 16.6 Å². The maximum Gasteiger partial charge on any atom is 0.112 e. The Morgan fingerprint density at radius 3 is 3.25 bits per heavy atom. The van der Waals surface area contributed by atoms with Crippen LogP contribution in [0, 0.1) is 0 Å². The molecule has 0 aliphatic carbocycles. The monoisotopic (exact) mass is 184 g/mol. The van der Waals surface area contributed by atoms with E-state index in [-0.39, 0.29) is 12.1 Å². The zero-order valence-corrected chi connectivity index (χ0v) is 7.55. The minimum atomic E-state index is -0.259. The minimum absolute atomic E-state index is 0.0683. The number of nitrogens with one attached hydrogen (secondary N) is 1. The Hall–Kier alpha value is -0.450. The van der Waals surface area contributed by atoms with E-state index in [9.17, 15) is 5.11 Å². The maximum absolute atomic E-state index is 9.64. The highest BCUT2D eigenvalue weighted by molar-refractivity contribution is 7.09. The molecule has 2 rings (SSSR count). The van der Waals surface area contributed by atoms with Crippen LogP contribution < -0.4 is 5.32 Å². The van der Waals surface area contributed by atoms with Crippen molar-refractivity contribution in [2.24, 2.45) is 0 Å². The molecule has 2 N–H and O–H groups in total. The van der Waals surface area contributed by atoms with E-state index in [2.05, 4.69) is 10.3 Å². The van der Waals surface area contributed by atoms with E-state index in [4.69, 9.17) is 0 Å². The molecule has 0 spiro atoms. The third-order valence-corrected chi connectivity index (χ3v) is 3.00. The Balaban J connectivity index is 2.11. The molecule has 4 heteroatoms. The van der Waals surface area contributed by atoms with Crippen LogP contribution in [0.1, 0.15) is 23.9 Å². The van der Waals surface area contributed by atoms with Crippen LogP contribution in [0.2, 0.25) is 0 Å². The van der Waals surface area contributed by atoms with Crippen LogP contribution in [-0.2, 0) is 0 Å². The average molecular weight is 184 g/mol. The topological polar surface area (TPSA) is 45.1 Å². The fourth-order valence-electron chi connectivity index (χ4n) is 1.51. The average Bonchev–Trinajstić information content (AvgIpc) is 2.57. The largest absolute Gasteiger partial charge is 0.391 e. The summed E-state index contributed by atoms with van der Waals surface area (Å²) >= 11 is 1.60. The number of hydrogen-bond acceptors (Lipinski definition) is 4. The van der Waals surface area contributed by atoms with Gasteiger partial charge in [-0.3, -0.25) is 0 Å². The molecule has 0 bridgehead atoms. The summed E-state index contributed by atoms with van der Waals surface area (Å²) in [6.45, 7) is 0.987. The number of nitrogens with zero attached hydrogens (tertiary/aromatic N) is 1. The zero-order chi connectivity index (χ0) is 8.39. The highest BCUT2D eigenvalue weighted by Crippen LogP contribution is 2.24. The second kappa shape index (κ2) is 3.51. The summed E-state index contributed by atoms with van der Waals surface area (Å²) in [5.74, 6) is 0. The lowest BCUT2D eigenvalue weighted by Crippen LogP contribution is -2.37. The number of hydrogen-bond donors (Lipinski definition) is 2. The van der Waals surface area contributed by atoms with Crippen LogP contribution in [0.4, 0.5) is 0 Å². The van der Waals surface area contributed by atoms with Crippen molar-refractivity contribution in [3.63, 3.8) is 0 Å². The molecule has 1 aliphatic rings. The van der Waals surface area contributed by atoms with Gasteiger partial charge in [0, 0.05) is 11.6 Å². The first-order valence-electron chi connectivity index (χ1n) is 4.19. The van der Waals surface area contributed by atoms with Gasteiger partial charge in [-0.15, -0.1) is 11.3 Å². The first kappa shape index (κ1) is 8.16. The number of aliphatic hydroxyl groups excluding tert-OH is 1. The Kier molecular flexibility index (Phi) is 2.39. The van der Waals surface area contributed by atoms with Gasteiger partial charge in [0.2, 0.25) is 0 Å². The van der Waals surface area contributed by atoms with E-state index in [1.165, 1.54) is 0 Å². The maximum atomic E-state index is 9.64. The second-order valence-corrected chi connectivity index (χ2v) is 3.94. The van der Waals surface area contributed by atoms with Crippen LogP contribution in [0.25, 0.3) is 0 Å². The molecule has 0 saturated carbocycles. The molecule has 2 unspecified atom stereocenters. The quantitative estimate of drug-likeness (QED) is 0.682. The molecule has 66 valence electrons. The Bertz CT molecular complexity index is 237. The molecule has 0 amide bonds. The van der Waals surface area contributed by atoms with Crippen LogP contribution >= 0.6 is 11.3 Å². The minimum Gasteiger partial charge on any atom is -0.391 e. The smallest absolute Gasteiger partial charge is 0.112 e. The first-order chi connectivity index (χ1) is 5.88. The van der Waals surface area contributed by atoms with Gasteiger partial charge >= 0.3 is 0 Å². The molecule has 1 saturated heterocycles. The van der Waals surface area contributed by atoms with Gasteiger partial charge in [0.25, 0.3) is 0 Å². The molecule has 2 atom stereocenters. The highest BCUT2D eigenvalue weighted by atomic mass is 32.1. The van der Waals surface area contributed by atoms with Crippen molar-refractivity contribution in [3.8, 4) is 0 Å². The Morgan fingerprint density at radius 1 is 1.67 bits per heavy atom. The molecular weight excluding hydrogens is 172 g/mol. The third kappa shape index (κ3) is 1.50. The number of rotatable bonds is 1. The lowest BCUT2D eigenvalue weighted by atomic mass is 10.0. The van der Waals surface area contributed by atoms with Crippen molar-refractivity contribution >= 4 is 11.3 Å². The van der Waals surface area contributed by atoms with E-state index in [0.717, 1.165) is 24.4 Å². The van der Waals surface area contributed by atoms with Gasteiger partial charge in [-0.2, -0.15) is 0 Å². The van der Waals surface area contributed by atoms with Crippen LogP contribution in [0.5, 0.6) is 0 Å².